The van der Waals surface area contributed by atoms with Gasteiger partial charge in [-0.15, -0.1) is 11.3 Å². The van der Waals surface area contributed by atoms with Crippen molar-refractivity contribution >= 4 is 17.0 Å². The summed E-state index contributed by atoms with van der Waals surface area (Å²) in [6, 6.07) is 5.65. The number of ether oxygens (including phenoxy) is 1. The molecular formula is C21H24F3NOS. The average Bonchev–Trinajstić information content (AvgIpc) is 3.29. The number of thiophene rings is 1. The number of nitrogens with one attached hydrogen (secondary N) is 1. The molecule has 2 aliphatic rings. The molecule has 1 saturated carbocycles. The molecule has 2 heterocycles. The molecule has 2 aromatic rings. The van der Waals surface area contributed by atoms with E-state index in [4.69, 9.17) is 4.74 Å². The Morgan fingerprint density at radius 1 is 1.19 bits per heavy atom. The number of rotatable bonds is 4. The SMILES string of the molecule is Cc1c(OCc2cc(C3CCCCC3)c(C(F)(F)F)s2)ccc2c1CCN2. The zero-order valence-electron chi connectivity index (χ0n) is 15.4. The lowest BCUT2D eigenvalue weighted by Crippen LogP contribution is -2.11. The summed E-state index contributed by atoms with van der Waals surface area (Å²) in [6.45, 7) is 3.13. The van der Waals surface area contributed by atoms with Crippen molar-refractivity contribution in [3.8, 4) is 5.75 Å². The maximum absolute atomic E-state index is 13.6. The fourth-order valence-electron chi connectivity index (χ4n) is 4.32. The predicted molar refractivity (Wildman–Crippen MR) is 103 cm³/mol. The average molecular weight is 395 g/mol. The standard InChI is InChI=1S/C21H24F3NOS/c1-13-16-9-10-25-18(16)7-8-19(13)26-12-15-11-17(14-5-3-2-4-6-14)20(27-15)21(22,23)24/h7-8,11,14,25H,2-6,9-10,12H2,1H3. The van der Waals surface area contributed by atoms with Gasteiger partial charge in [0.25, 0.3) is 0 Å². The van der Waals surface area contributed by atoms with Crippen LogP contribution in [0.2, 0.25) is 0 Å². The third kappa shape index (κ3) is 3.82. The van der Waals surface area contributed by atoms with Crippen LogP contribution in [0, 0.1) is 6.92 Å². The number of alkyl halides is 3. The zero-order chi connectivity index (χ0) is 19.0. The Hall–Kier alpha value is -1.69. The maximum Gasteiger partial charge on any atom is 0.425 e. The van der Waals surface area contributed by atoms with E-state index in [0.29, 0.717) is 10.4 Å². The number of anilines is 1. The Morgan fingerprint density at radius 2 is 1.96 bits per heavy atom. The number of hydrogen-bond donors (Lipinski definition) is 1. The lowest BCUT2D eigenvalue weighted by Gasteiger charge is -2.22. The second-order valence-corrected chi connectivity index (χ2v) is 8.65. The van der Waals surface area contributed by atoms with Crippen LogP contribution in [0.1, 0.15) is 64.5 Å². The molecule has 0 saturated heterocycles. The third-order valence-corrected chi connectivity index (χ3v) is 6.89. The van der Waals surface area contributed by atoms with Crippen molar-refractivity contribution in [3.05, 3.63) is 44.6 Å². The minimum atomic E-state index is -4.29. The molecule has 0 spiro atoms. The molecule has 2 nitrogen and oxygen atoms in total. The highest BCUT2D eigenvalue weighted by Crippen LogP contribution is 2.45. The van der Waals surface area contributed by atoms with Gasteiger partial charge in [-0.1, -0.05) is 19.3 Å². The fraction of sp³-hybridized carbons (Fsp3) is 0.524. The Labute approximate surface area is 161 Å². The van der Waals surface area contributed by atoms with Gasteiger partial charge in [-0.05, 0) is 67.0 Å². The molecule has 1 aliphatic heterocycles. The Balaban J connectivity index is 1.55. The van der Waals surface area contributed by atoms with Crippen LogP contribution < -0.4 is 10.1 Å². The van der Waals surface area contributed by atoms with E-state index in [1.54, 1.807) is 6.07 Å². The largest absolute Gasteiger partial charge is 0.488 e. The zero-order valence-corrected chi connectivity index (χ0v) is 16.2. The Bertz CT molecular complexity index is 822. The van der Waals surface area contributed by atoms with Crippen LogP contribution >= 0.6 is 11.3 Å². The van der Waals surface area contributed by atoms with Gasteiger partial charge in [0.1, 0.15) is 17.2 Å². The highest BCUT2D eigenvalue weighted by atomic mass is 32.1. The molecule has 1 aromatic heterocycles. The van der Waals surface area contributed by atoms with E-state index in [2.05, 4.69) is 5.32 Å². The molecule has 1 aromatic carbocycles. The van der Waals surface area contributed by atoms with Crippen LogP contribution in [0.3, 0.4) is 0 Å². The molecule has 1 aliphatic carbocycles. The molecule has 0 atom stereocenters. The molecule has 0 unspecified atom stereocenters. The fourth-order valence-corrected chi connectivity index (χ4v) is 5.34. The normalized spacial score (nSPS) is 17.6. The Morgan fingerprint density at radius 3 is 2.70 bits per heavy atom. The molecule has 27 heavy (non-hydrogen) atoms. The summed E-state index contributed by atoms with van der Waals surface area (Å²) in [4.78, 5) is 0.226. The predicted octanol–water partition coefficient (Wildman–Crippen LogP) is 6.67. The molecule has 146 valence electrons. The first-order chi connectivity index (χ1) is 12.9. The molecule has 1 N–H and O–H groups in total. The molecule has 6 heteroatoms. The summed E-state index contributed by atoms with van der Waals surface area (Å²) < 4.78 is 46.6. The van der Waals surface area contributed by atoms with Crippen molar-refractivity contribution in [1.29, 1.82) is 0 Å². The highest BCUT2D eigenvalue weighted by molar-refractivity contribution is 7.12. The molecule has 1 fully saturated rings. The van der Waals surface area contributed by atoms with Gasteiger partial charge in [0.2, 0.25) is 0 Å². The van der Waals surface area contributed by atoms with E-state index >= 15 is 0 Å². The molecule has 0 bridgehead atoms. The summed E-state index contributed by atoms with van der Waals surface area (Å²) in [5.74, 6) is 0.798. The van der Waals surface area contributed by atoms with Gasteiger partial charge >= 0.3 is 6.18 Å². The molecule has 4 rings (SSSR count). The summed E-state index contributed by atoms with van der Waals surface area (Å²) in [5, 5.41) is 3.33. The first-order valence-corrected chi connectivity index (χ1v) is 10.4. The second kappa shape index (κ2) is 7.38. The van der Waals surface area contributed by atoms with Crippen LogP contribution in [0.25, 0.3) is 0 Å². The quantitative estimate of drug-likeness (QED) is 0.624. The van der Waals surface area contributed by atoms with Gasteiger partial charge in [0.15, 0.2) is 0 Å². The number of halogens is 3. The monoisotopic (exact) mass is 395 g/mol. The summed E-state index contributed by atoms with van der Waals surface area (Å²) in [5.41, 5.74) is 3.95. The van der Waals surface area contributed by atoms with Crippen molar-refractivity contribution in [1.82, 2.24) is 0 Å². The molecule has 0 radical (unpaired) electrons. The van der Waals surface area contributed by atoms with E-state index in [-0.39, 0.29) is 12.5 Å². The van der Waals surface area contributed by atoms with Crippen molar-refractivity contribution in [2.24, 2.45) is 0 Å². The topological polar surface area (TPSA) is 21.3 Å². The Kier molecular flexibility index (Phi) is 5.10. The van der Waals surface area contributed by atoms with Gasteiger partial charge in [-0.25, -0.2) is 0 Å². The van der Waals surface area contributed by atoms with Gasteiger partial charge in [-0.3, -0.25) is 0 Å². The lowest BCUT2D eigenvalue weighted by molar-refractivity contribution is -0.135. The van der Waals surface area contributed by atoms with E-state index in [9.17, 15) is 13.2 Å². The smallest absolute Gasteiger partial charge is 0.425 e. The number of hydrogen-bond acceptors (Lipinski definition) is 3. The minimum absolute atomic E-state index is 0.0354. The number of fused-ring (bicyclic) bond motifs is 1. The third-order valence-electron chi connectivity index (χ3n) is 5.72. The van der Waals surface area contributed by atoms with Crippen molar-refractivity contribution in [2.45, 2.75) is 64.1 Å². The summed E-state index contributed by atoms with van der Waals surface area (Å²) in [7, 11) is 0. The maximum atomic E-state index is 13.6. The van der Waals surface area contributed by atoms with Gasteiger partial charge in [-0.2, -0.15) is 13.2 Å². The van der Waals surface area contributed by atoms with Crippen molar-refractivity contribution in [3.63, 3.8) is 0 Å². The first-order valence-electron chi connectivity index (χ1n) is 9.62. The van der Waals surface area contributed by atoms with Crippen LogP contribution in [0.15, 0.2) is 18.2 Å². The molecule has 0 amide bonds. The lowest BCUT2D eigenvalue weighted by atomic mass is 9.84. The number of benzene rings is 1. The van der Waals surface area contributed by atoms with E-state index in [1.807, 2.05) is 19.1 Å². The minimum Gasteiger partial charge on any atom is -0.488 e. The van der Waals surface area contributed by atoms with Crippen molar-refractivity contribution in [2.75, 3.05) is 11.9 Å². The summed E-state index contributed by atoms with van der Waals surface area (Å²) >= 11 is 0.848. The highest BCUT2D eigenvalue weighted by Gasteiger charge is 2.38. The van der Waals surface area contributed by atoms with E-state index in [1.165, 1.54) is 5.56 Å². The van der Waals surface area contributed by atoms with E-state index < -0.39 is 11.1 Å². The molecular weight excluding hydrogens is 371 g/mol. The van der Waals surface area contributed by atoms with Crippen LogP contribution in [0.4, 0.5) is 18.9 Å². The summed E-state index contributed by atoms with van der Waals surface area (Å²) in [6.07, 6.45) is 1.56. The van der Waals surface area contributed by atoms with Gasteiger partial charge in [0, 0.05) is 17.1 Å². The van der Waals surface area contributed by atoms with Crippen LogP contribution in [0.5, 0.6) is 5.75 Å². The second-order valence-electron chi connectivity index (χ2n) is 7.51. The van der Waals surface area contributed by atoms with Gasteiger partial charge in [0.05, 0.1) is 0 Å². The van der Waals surface area contributed by atoms with Gasteiger partial charge < -0.3 is 10.1 Å². The van der Waals surface area contributed by atoms with Crippen molar-refractivity contribution < 1.29 is 17.9 Å². The van der Waals surface area contributed by atoms with Crippen LogP contribution in [-0.4, -0.2) is 6.54 Å². The first kappa shape index (κ1) is 18.7. The van der Waals surface area contributed by atoms with E-state index in [0.717, 1.165) is 73.4 Å². The van der Waals surface area contributed by atoms with Crippen LogP contribution in [-0.2, 0) is 19.2 Å².